The van der Waals surface area contributed by atoms with E-state index in [1.807, 2.05) is 11.8 Å². The predicted octanol–water partition coefficient (Wildman–Crippen LogP) is 1.64. The first-order valence-electron chi connectivity index (χ1n) is 5.85. The number of likely N-dealkylation sites (N-methyl/N-ethyl adjacent to an activating group) is 1. The second-order valence-corrected chi connectivity index (χ2v) is 4.68. The highest BCUT2D eigenvalue weighted by molar-refractivity contribution is 7.98. The summed E-state index contributed by atoms with van der Waals surface area (Å²) in [5.74, 6) is 0.163. The summed E-state index contributed by atoms with van der Waals surface area (Å²) < 4.78 is 0. The number of carbonyl (C=O) groups excluding carboxylic acids is 1. The third kappa shape index (κ3) is 8.85. The number of nitrogens with one attached hydrogen (secondary N) is 1. The van der Waals surface area contributed by atoms with E-state index in [1.165, 1.54) is 4.90 Å². The van der Waals surface area contributed by atoms with Crippen LogP contribution in [0.3, 0.4) is 0 Å². The van der Waals surface area contributed by atoms with Crippen molar-refractivity contribution >= 4 is 23.8 Å². The number of carboxylic acids is 1. The molecule has 0 aliphatic rings. The zero-order valence-corrected chi connectivity index (χ0v) is 11.4. The van der Waals surface area contributed by atoms with Gasteiger partial charge in [-0.3, -0.25) is 4.79 Å². The van der Waals surface area contributed by atoms with E-state index in [1.54, 1.807) is 6.92 Å². The molecule has 5 nitrogen and oxygen atoms in total. The minimum Gasteiger partial charge on any atom is -0.480 e. The first-order chi connectivity index (χ1) is 8.11. The van der Waals surface area contributed by atoms with Crippen molar-refractivity contribution in [1.82, 2.24) is 10.2 Å². The lowest BCUT2D eigenvalue weighted by molar-refractivity contribution is -0.137. The largest absolute Gasteiger partial charge is 0.480 e. The quantitative estimate of drug-likeness (QED) is 0.620. The Morgan fingerprint density at radius 3 is 2.53 bits per heavy atom. The normalized spacial score (nSPS) is 10.0. The minimum absolute atomic E-state index is 0.241. The van der Waals surface area contributed by atoms with E-state index >= 15 is 0 Å². The second-order valence-electron chi connectivity index (χ2n) is 3.69. The second kappa shape index (κ2) is 10.3. The van der Waals surface area contributed by atoms with Gasteiger partial charge in [-0.05, 0) is 31.8 Å². The van der Waals surface area contributed by atoms with Crippen LogP contribution in [0.5, 0.6) is 0 Å². The third-order valence-electron chi connectivity index (χ3n) is 2.30. The Hall–Kier alpha value is -0.910. The number of rotatable bonds is 9. The summed E-state index contributed by atoms with van der Waals surface area (Å²) >= 11 is 1.82. The molecule has 0 aliphatic carbocycles. The fourth-order valence-electron chi connectivity index (χ4n) is 1.35. The van der Waals surface area contributed by atoms with Crippen molar-refractivity contribution in [3.8, 4) is 0 Å². The van der Waals surface area contributed by atoms with Crippen molar-refractivity contribution in [2.45, 2.75) is 26.2 Å². The van der Waals surface area contributed by atoms with Crippen molar-refractivity contribution < 1.29 is 14.7 Å². The van der Waals surface area contributed by atoms with Gasteiger partial charge in [0.1, 0.15) is 6.54 Å². The van der Waals surface area contributed by atoms with Crippen LogP contribution in [0.2, 0.25) is 0 Å². The first kappa shape index (κ1) is 16.1. The summed E-state index contributed by atoms with van der Waals surface area (Å²) in [7, 11) is 0. The molecule has 0 fully saturated rings. The van der Waals surface area contributed by atoms with Gasteiger partial charge in [-0.2, -0.15) is 11.8 Å². The van der Waals surface area contributed by atoms with Crippen LogP contribution in [0.4, 0.5) is 4.79 Å². The fourth-order valence-corrected chi connectivity index (χ4v) is 1.84. The van der Waals surface area contributed by atoms with Gasteiger partial charge in [0.15, 0.2) is 0 Å². The summed E-state index contributed by atoms with van der Waals surface area (Å²) in [6.07, 6.45) is 5.26. The van der Waals surface area contributed by atoms with Crippen molar-refractivity contribution in [2.24, 2.45) is 0 Å². The lowest BCUT2D eigenvalue weighted by Gasteiger charge is -2.19. The highest BCUT2D eigenvalue weighted by atomic mass is 32.2. The number of hydrogen-bond donors (Lipinski definition) is 2. The van der Waals surface area contributed by atoms with Crippen molar-refractivity contribution in [3.63, 3.8) is 0 Å². The Kier molecular flexibility index (Phi) is 9.71. The van der Waals surface area contributed by atoms with Crippen LogP contribution in [0.15, 0.2) is 0 Å². The van der Waals surface area contributed by atoms with Crippen LogP contribution in [0.25, 0.3) is 0 Å². The Labute approximate surface area is 107 Å². The summed E-state index contributed by atoms with van der Waals surface area (Å²) in [6, 6.07) is -0.292. The van der Waals surface area contributed by atoms with Gasteiger partial charge >= 0.3 is 12.0 Å². The fraction of sp³-hybridized carbons (Fsp3) is 0.818. The summed E-state index contributed by atoms with van der Waals surface area (Å²) in [5.41, 5.74) is 0. The molecule has 0 saturated heterocycles. The standard InChI is InChI=1S/C11H22N2O3S/c1-3-13(9-10(14)15)11(16)12-7-5-4-6-8-17-2/h3-9H2,1-2H3,(H,12,16)(H,14,15). The average molecular weight is 262 g/mol. The molecule has 0 radical (unpaired) electrons. The van der Waals surface area contributed by atoms with Crippen LogP contribution in [-0.4, -0.2) is 53.6 Å². The molecule has 0 heterocycles. The zero-order chi connectivity index (χ0) is 13.1. The molecule has 17 heavy (non-hydrogen) atoms. The molecule has 2 N–H and O–H groups in total. The molecule has 0 aromatic carbocycles. The molecule has 0 spiro atoms. The number of nitrogens with zero attached hydrogens (tertiary/aromatic N) is 1. The van der Waals surface area contributed by atoms with Gasteiger partial charge in [0.05, 0.1) is 0 Å². The van der Waals surface area contributed by atoms with Gasteiger partial charge < -0.3 is 15.3 Å². The molecule has 0 saturated carbocycles. The maximum Gasteiger partial charge on any atom is 0.323 e. The van der Waals surface area contributed by atoms with Crippen molar-refractivity contribution in [3.05, 3.63) is 0 Å². The predicted molar refractivity (Wildman–Crippen MR) is 70.5 cm³/mol. The van der Waals surface area contributed by atoms with E-state index in [-0.39, 0.29) is 12.6 Å². The number of unbranched alkanes of at least 4 members (excludes halogenated alkanes) is 2. The Bertz CT molecular complexity index is 237. The maximum atomic E-state index is 11.5. The van der Waals surface area contributed by atoms with E-state index in [9.17, 15) is 9.59 Å². The van der Waals surface area contributed by atoms with Crippen LogP contribution >= 0.6 is 11.8 Å². The van der Waals surface area contributed by atoms with Crippen LogP contribution in [0.1, 0.15) is 26.2 Å². The molecule has 100 valence electrons. The number of carbonyl (C=O) groups is 2. The number of carboxylic acid groups (broad SMARTS) is 1. The first-order valence-corrected chi connectivity index (χ1v) is 7.24. The molecule has 0 aromatic heterocycles. The van der Waals surface area contributed by atoms with E-state index in [0.29, 0.717) is 13.1 Å². The highest BCUT2D eigenvalue weighted by Gasteiger charge is 2.13. The van der Waals surface area contributed by atoms with Gasteiger partial charge in [-0.1, -0.05) is 6.42 Å². The van der Waals surface area contributed by atoms with Gasteiger partial charge in [-0.25, -0.2) is 4.79 Å². The zero-order valence-electron chi connectivity index (χ0n) is 10.6. The summed E-state index contributed by atoms with van der Waals surface area (Å²) in [4.78, 5) is 23.3. The number of thioether (sulfide) groups is 1. The van der Waals surface area contributed by atoms with Gasteiger partial charge in [0.25, 0.3) is 0 Å². The minimum atomic E-state index is -0.984. The van der Waals surface area contributed by atoms with Gasteiger partial charge in [-0.15, -0.1) is 0 Å². The lowest BCUT2D eigenvalue weighted by atomic mass is 10.2. The number of amides is 2. The van der Waals surface area contributed by atoms with Gasteiger partial charge in [0.2, 0.25) is 0 Å². The SMILES string of the molecule is CCN(CC(=O)O)C(=O)NCCCCCSC. The Morgan fingerprint density at radius 1 is 1.29 bits per heavy atom. The molecule has 0 atom stereocenters. The number of urea groups is 1. The summed E-state index contributed by atoms with van der Waals surface area (Å²) in [5, 5.41) is 11.3. The monoisotopic (exact) mass is 262 g/mol. The molecule has 6 heteroatoms. The lowest BCUT2D eigenvalue weighted by Crippen LogP contribution is -2.42. The molecule has 0 aromatic rings. The molecule has 0 rings (SSSR count). The summed E-state index contributed by atoms with van der Waals surface area (Å²) in [6.45, 7) is 2.55. The smallest absolute Gasteiger partial charge is 0.323 e. The Balaban J connectivity index is 3.64. The van der Waals surface area contributed by atoms with E-state index in [4.69, 9.17) is 5.11 Å². The van der Waals surface area contributed by atoms with E-state index in [2.05, 4.69) is 11.6 Å². The number of hydrogen-bond acceptors (Lipinski definition) is 3. The molecule has 0 aliphatic heterocycles. The molecule has 2 amide bonds. The van der Waals surface area contributed by atoms with Crippen molar-refractivity contribution in [1.29, 1.82) is 0 Å². The molecular weight excluding hydrogens is 240 g/mol. The number of aliphatic carboxylic acids is 1. The van der Waals surface area contributed by atoms with Crippen LogP contribution < -0.4 is 5.32 Å². The van der Waals surface area contributed by atoms with Gasteiger partial charge in [0, 0.05) is 13.1 Å². The van der Waals surface area contributed by atoms with Crippen molar-refractivity contribution in [2.75, 3.05) is 31.6 Å². The third-order valence-corrected chi connectivity index (χ3v) is 2.99. The van der Waals surface area contributed by atoms with Crippen LogP contribution in [0, 0.1) is 0 Å². The maximum absolute atomic E-state index is 11.5. The Morgan fingerprint density at radius 2 is 2.00 bits per heavy atom. The van der Waals surface area contributed by atoms with Crippen LogP contribution in [-0.2, 0) is 4.79 Å². The van der Waals surface area contributed by atoms with E-state index < -0.39 is 5.97 Å². The highest BCUT2D eigenvalue weighted by Crippen LogP contribution is 2.01. The molecular formula is C11H22N2O3S. The van der Waals surface area contributed by atoms with E-state index in [0.717, 1.165) is 25.0 Å². The molecule has 0 unspecified atom stereocenters. The molecule has 0 bridgehead atoms. The average Bonchev–Trinajstić information content (AvgIpc) is 2.30. The topological polar surface area (TPSA) is 69.6 Å².